The molecule has 1 aromatic rings. The van der Waals surface area contributed by atoms with E-state index >= 15 is 0 Å². The van der Waals surface area contributed by atoms with Gasteiger partial charge in [-0.25, -0.2) is 0 Å². The molecule has 1 atom stereocenters. The van der Waals surface area contributed by atoms with E-state index in [1.807, 2.05) is 25.1 Å². The molecule has 0 fully saturated rings. The van der Waals surface area contributed by atoms with Gasteiger partial charge in [0.05, 0.1) is 9.89 Å². The Hall–Kier alpha value is -1.07. The van der Waals surface area contributed by atoms with Gasteiger partial charge in [0.1, 0.15) is 12.4 Å². The first-order valence-corrected chi connectivity index (χ1v) is 6.92. The highest BCUT2D eigenvalue weighted by Gasteiger charge is 2.28. The zero-order valence-electron chi connectivity index (χ0n) is 11.4. The third-order valence-corrected chi connectivity index (χ3v) is 3.34. The summed E-state index contributed by atoms with van der Waals surface area (Å²) in [5.41, 5.74) is 5.95. The number of aliphatic carboxylic acids is 1. The zero-order chi connectivity index (χ0) is 14.6. The maximum Gasteiger partial charge on any atom is 0.312 e. The molecule has 0 aliphatic heterocycles. The number of halogens is 1. The van der Waals surface area contributed by atoms with Crippen molar-refractivity contribution in [3.8, 4) is 5.75 Å². The molecule has 0 aromatic heterocycles. The van der Waals surface area contributed by atoms with Crippen molar-refractivity contribution >= 4 is 21.9 Å². The van der Waals surface area contributed by atoms with Gasteiger partial charge in [0.15, 0.2) is 0 Å². The van der Waals surface area contributed by atoms with Crippen LogP contribution in [-0.2, 0) is 11.2 Å². The number of ether oxygens (including phenoxy) is 1. The SMILES string of the molecule is CC(N)Cc1ccc(OCC(C)(C)C(=O)O)c(Br)c1. The summed E-state index contributed by atoms with van der Waals surface area (Å²) in [6, 6.07) is 5.83. The molecule has 106 valence electrons. The van der Waals surface area contributed by atoms with Gasteiger partial charge in [-0.1, -0.05) is 6.07 Å². The maximum absolute atomic E-state index is 11.0. The Bertz CT molecular complexity index is 458. The number of carboxylic acids is 1. The van der Waals surface area contributed by atoms with Crippen molar-refractivity contribution in [2.24, 2.45) is 11.1 Å². The standard InChI is InChI=1S/C14H20BrNO3/c1-9(16)6-10-4-5-12(11(15)7-10)19-8-14(2,3)13(17)18/h4-5,7,9H,6,8,16H2,1-3H3,(H,17,18). The van der Waals surface area contributed by atoms with Crippen molar-refractivity contribution in [2.45, 2.75) is 33.2 Å². The topological polar surface area (TPSA) is 72.5 Å². The molecule has 0 radical (unpaired) electrons. The quantitative estimate of drug-likeness (QED) is 0.841. The highest BCUT2D eigenvalue weighted by Crippen LogP contribution is 2.28. The van der Waals surface area contributed by atoms with Crippen molar-refractivity contribution in [3.63, 3.8) is 0 Å². The molecule has 0 saturated heterocycles. The first kappa shape index (κ1) is 16.0. The molecule has 0 amide bonds. The maximum atomic E-state index is 11.0. The van der Waals surface area contributed by atoms with Crippen LogP contribution in [0.4, 0.5) is 0 Å². The smallest absolute Gasteiger partial charge is 0.312 e. The summed E-state index contributed by atoms with van der Waals surface area (Å²) in [6.07, 6.45) is 0.791. The number of carboxylic acid groups (broad SMARTS) is 1. The average Bonchev–Trinajstić information content (AvgIpc) is 2.26. The van der Waals surface area contributed by atoms with E-state index in [-0.39, 0.29) is 12.6 Å². The van der Waals surface area contributed by atoms with E-state index in [1.165, 1.54) is 0 Å². The second-order valence-corrected chi connectivity index (χ2v) is 6.28. The molecule has 1 rings (SSSR count). The molecule has 0 aliphatic rings. The van der Waals surface area contributed by atoms with E-state index in [2.05, 4.69) is 15.9 Å². The second-order valence-electron chi connectivity index (χ2n) is 5.42. The summed E-state index contributed by atoms with van der Waals surface area (Å²) in [7, 11) is 0. The van der Waals surface area contributed by atoms with E-state index in [4.69, 9.17) is 15.6 Å². The van der Waals surface area contributed by atoms with Crippen molar-refractivity contribution in [1.82, 2.24) is 0 Å². The number of benzene rings is 1. The van der Waals surface area contributed by atoms with Crippen LogP contribution in [0.5, 0.6) is 5.75 Å². The molecule has 0 bridgehead atoms. The van der Waals surface area contributed by atoms with Crippen LogP contribution in [0.3, 0.4) is 0 Å². The van der Waals surface area contributed by atoms with E-state index in [0.29, 0.717) is 5.75 Å². The van der Waals surface area contributed by atoms with E-state index in [0.717, 1.165) is 16.5 Å². The highest BCUT2D eigenvalue weighted by atomic mass is 79.9. The summed E-state index contributed by atoms with van der Waals surface area (Å²) >= 11 is 3.43. The zero-order valence-corrected chi connectivity index (χ0v) is 13.0. The van der Waals surface area contributed by atoms with Crippen molar-refractivity contribution < 1.29 is 14.6 Å². The Kier molecular flexibility index (Phi) is 5.38. The Labute approximate surface area is 122 Å². The fourth-order valence-electron chi connectivity index (χ4n) is 1.48. The van der Waals surface area contributed by atoms with Crippen molar-refractivity contribution in [1.29, 1.82) is 0 Å². The highest BCUT2D eigenvalue weighted by molar-refractivity contribution is 9.10. The summed E-state index contributed by atoms with van der Waals surface area (Å²) in [6.45, 7) is 5.34. The second kappa shape index (κ2) is 6.39. The monoisotopic (exact) mass is 329 g/mol. The fourth-order valence-corrected chi connectivity index (χ4v) is 2.02. The van der Waals surface area contributed by atoms with Crippen LogP contribution < -0.4 is 10.5 Å². The molecular formula is C14H20BrNO3. The lowest BCUT2D eigenvalue weighted by atomic mass is 9.95. The number of rotatable bonds is 6. The summed E-state index contributed by atoms with van der Waals surface area (Å²) in [5.74, 6) is -0.236. The third kappa shape index (κ3) is 4.84. The van der Waals surface area contributed by atoms with Gasteiger partial charge in [0, 0.05) is 6.04 Å². The van der Waals surface area contributed by atoms with Gasteiger partial charge in [0.2, 0.25) is 0 Å². The third-order valence-electron chi connectivity index (χ3n) is 2.72. The largest absolute Gasteiger partial charge is 0.491 e. The van der Waals surface area contributed by atoms with Gasteiger partial charge in [0.25, 0.3) is 0 Å². The number of nitrogens with two attached hydrogens (primary N) is 1. The first-order valence-electron chi connectivity index (χ1n) is 6.12. The summed E-state index contributed by atoms with van der Waals surface area (Å²) < 4.78 is 6.38. The van der Waals surface area contributed by atoms with Gasteiger partial charge in [-0.2, -0.15) is 0 Å². The molecule has 0 heterocycles. The fraction of sp³-hybridized carbons (Fsp3) is 0.500. The van der Waals surface area contributed by atoms with E-state index < -0.39 is 11.4 Å². The number of hydrogen-bond donors (Lipinski definition) is 2. The molecule has 19 heavy (non-hydrogen) atoms. The number of hydrogen-bond acceptors (Lipinski definition) is 3. The van der Waals surface area contributed by atoms with Crippen LogP contribution in [0.25, 0.3) is 0 Å². The molecule has 1 unspecified atom stereocenters. The molecule has 0 spiro atoms. The lowest BCUT2D eigenvalue weighted by molar-refractivity contribution is -0.148. The number of carbonyl (C=O) groups is 1. The lowest BCUT2D eigenvalue weighted by Gasteiger charge is -2.20. The molecular weight excluding hydrogens is 310 g/mol. The minimum absolute atomic E-state index is 0.101. The Morgan fingerprint density at radius 1 is 1.53 bits per heavy atom. The summed E-state index contributed by atoms with van der Waals surface area (Å²) in [5, 5.41) is 9.03. The van der Waals surface area contributed by atoms with Crippen molar-refractivity contribution in [2.75, 3.05) is 6.61 Å². The lowest BCUT2D eigenvalue weighted by Crippen LogP contribution is -2.30. The molecule has 3 N–H and O–H groups in total. The Morgan fingerprint density at radius 2 is 2.16 bits per heavy atom. The normalized spacial score (nSPS) is 13.1. The van der Waals surface area contributed by atoms with Gasteiger partial charge < -0.3 is 15.6 Å². The predicted octanol–water partition coefficient (Wildman–Crippen LogP) is 2.83. The minimum Gasteiger partial charge on any atom is -0.491 e. The average molecular weight is 330 g/mol. The van der Waals surface area contributed by atoms with Crippen LogP contribution in [0.1, 0.15) is 26.3 Å². The van der Waals surface area contributed by atoms with Crippen molar-refractivity contribution in [3.05, 3.63) is 28.2 Å². The van der Waals surface area contributed by atoms with Gasteiger partial charge in [-0.05, 0) is 60.8 Å². The molecule has 0 saturated carbocycles. The molecule has 1 aromatic carbocycles. The van der Waals surface area contributed by atoms with E-state index in [1.54, 1.807) is 13.8 Å². The van der Waals surface area contributed by atoms with Crippen LogP contribution >= 0.6 is 15.9 Å². The molecule has 5 heteroatoms. The minimum atomic E-state index is -0.913. The van der Waals surface area contributed by atoms with Gasteiger partial charge >= 0.3 is 5.97 Å². The van der Waals surface area contributed by atoms with Crippen LogP contribution in [0, 0.1) is 5.41 Å². The van der Waals surface area contributed by atoms with Crippen LogP contribution in [-0.4, -0.2) is 23.7 Å². The first-order chi connectivity index (χ1) is 8.72. The summed E-state index contributed by atoms with van der Waals surface area (Å²) in [4.78, 5) is 11.0. The van der Waals surface area contributed by atoms with Gasteiger partial charge in [-0.3, -0.25) is 4.79 Å². The van der Waals surface area contributed by atoms with Crippen LogP contribution in [0.15, 0.2) is 22.7 Å². The molecule has 4 nitrogen and oxygen atoms in total. The Morgan fingerprint density at radius 3 is 2.63 bits per heavy atom. The van der Waals surface area contributed by atoms with Crippen LogP contribution in [0.2, 0.25) is 0 Å². The molecule has 0 aliphatic carbocycles. The van der Waals surface area contributed by atoms with Gasteiger partial charge in [-0.15, -0.1) is 0 Å². The predicted molar refractivity (Wildman–Crippen MR) is 78.4 cm³/mol. The van der Waals surface area contributed by atoms with E-state index in [9.17, 15) is 4.79 Å². The Balaban J connectivity index is 2.73.